The Morgan fingerprint density at radius 2 is 2.13 bits per heavy atom. The molecule has 0 N–H and O–H groups in total. The lowest BCUT2D eigenvalue weighted by Crippen LogP contribution is -2.25. The third-order valence-electron chi connectivity index (χ3n) is 2.80. The van der Waals surface area contributed by atoms with Gasteiger partial charge in [0.15, 0.2) is 5.78 Å². The molecule has 0 saturated carbocycles. The van der Waals surface area contributed by atoms with Crippen molar-refractivity contribution in [1.82, 2.24) is 0 Å². The fourth-order valence-electron chi connectivity index (χ4n) is 2.03. The number of Topliss-reactive ketones (excluding diaryl/α,β-unsaturated/α-hetero) is 1. The number of benzene rings is 1. The van der Waals surface area contributed by atoms with Crippen LogP contribution in [0.1, 0.15) is 34.7 Å². The minimum absolute atomic E-state index is 0.102. The van der Waals surface area contributed by atoms with Crippen molar-refractivity contribution in [3.8, 4) is 0 Å². The normalized spacial score (nSPS) is 19.5. The quantitative estimate of drug-likeness (QED) is 0.661. The van der Waals surface area contributed by atoms with E-state index in [0.29, 0.717) is 18.4 Å². The smallest absolute Gasteiger partial charge is 0.163 e. The Morgan fingerprint density at radius 1 is 1.40 bits per heavy atom. The number of hydrogen-bond donors (Lipinski definition) is 0. The van der Waals surface area contributed by atoms with E-state index in [0.717, 1.165) is 12.7 Å². The van der Waals surface area contributed by atoms with Crippen LogP contribution in [0.4, 0.5) is 0 Å². The summed E-state index contributed by atoms with van der Waals surface area (Å²) in [7, 11) is 6.33. The number of fused-ring (bicyclic) bond motifs is 1. The third kappa shape index (κ3) is 1.76. The number of ketones is 1. The van der Waals surface area contributed by atoms with Gasteiger partial charge in [0.1, 0.15) is 7.17 Å². The molecule has 2 nitrogen and oxygen atoms in total. The first-order valence-electron chi connectivity index (χ1n) is 4.95. The highest BCUT2D eigenvalue weighted by Crippen LogP contribution is 2.31. The number of rotatable bonds is 2. The second kappa shape index (κ2) is 4.05. The molecule has 0 aromatic heterocycles. The van der Waals surface area contributed by atoms with E-state index < -0.39 is 0 Å². The van der Waals surface area contributed by atoms with Crippen LogP contribution in [0.3, 0.4) is 0 Å². The molecule has 0 heterocycles. The van der Waals surface area contributed by atoms with Crippen LogP contribution in [0.15, 0.2) is 24.3 Å². The molecule has 0 amide bonds. The van der Waals surface area contributed by atoms with Gasteiger partial charge in [-0.25, -0.2) is 0 Å². The molecule has 0 aliphatic heterocycles. The maximum absolute atomic E-state index is 11.6. The molecule has 1 unspecified atom stereocenters. The van der Waals surface area contributed by atoms with Crippen molar-refractivity contribution in [2.45, 2.75) is 18.8 Å². The molecular formula is C11H9B2O2. The van der Waals surface area contributed by atoms with Gasteiger partial charge < -0.3 is 4.79 Å². The van der Waals surface area contributed by atoms with Crippen molar-refractivity contribution in [2.75, 3.05) is 0 Å². The summed E-state index contributed by atoms with van der Waals surface area (Å²) in [5, 5.41) is 0. The van der Waals surface area contributed by atoms with E-state index in [1.807, 2.05) is 18.2 Å². The predicted molar refractivity (Wildman–Crippen MR) is 59.3 cm³/mol. The first-order chi connectivity index (χ1) is 7.24. The molecule has 2 rings (SSSR count). The highest BCUT2D eigenvalue weighted by Gasteiger charge is 2.28. The average molecular weight is 195 g/mol. The monoisotopic (exact) mass is 195 g/mol. The minimum atomic E-state index is -0.233. The van der Waals surface area contributed by atoms with E-state index in [1.165, 1.54) is 0 Å². The van der Waals surface area contributed by atoms with E-state index in [-0.39, 0.29) is 17.4 Å². The molecule has 0 spiro atoms. The van der Waals surface area contributed by atoms with E-state index >= 15 is 0 Å². The van der Waals surface area contributed by atoms with E-state index in [2.05, 4.69) is 0 Å². The molecule has 4 heteroatoms. The molecule has 1 atom stereocenters. The fourth-order valence-corrected chi connectivity index (χ4v) is 2.03. The van der Waals surface area contributed by atoms with Gasteiger partial charge in [-0.15, -0.1) is 0 Å². The zero-order chi connectivity index (χ0) is 10.8. The Balaban J connectivity index is 2.44. The lowest BCUT2D eigenvalue weighted by molar-refractivity contribution is -0.113. The first kappa shape index (κ1) is 10.2. The van der Waals surface area contributed by atoms with Crippen LogP contribution in [0, 0.1) is 0 Å². The summed E-state index contributed by atoms with van der Waals surface area (Å²) >= 11 is 0. The maximum Gasteiger partial charge on any atom is 0.163 e. The highest BCUT2D eigenvalue weighted by molar-refractivity contribution is 7.08. The van der Waals surface area contributed by atoms with Crippen molar-refractivity contribution in [1.29, 1.82) is 0 Å². The van der Waals surface area contributed by atoms with Crippen LogP contribution < -0.4 is 0 Å². The molecule has 1 aliphatic carbocycles. The zero-order valence-corrected chi connectivity index (χ0v) is 8.27. The molecule has 15 heavy (non-hydrogen) atoms. The summed E-state index contributed by atoms with van der Waals surface area (Å²) in [5.41, 5.74) is 1.39. The van der Waals surface area contributed by atoms with Gasteiger partial charge in [-0.05, 0) is 12.0 Å². The van der Waals surface area contributed by atoms with Crippen molar-refractivity contribution < 1.29 is 9.59 Å². The van der Waals surface area contributed by atoms with Crippen LogP contribution in [0.5, 0.6) is 0 Å². The average Bonchev–Trinajstić information content (AvgIpc) is 2.29. The van der Waals surface area contributed by atoms with Gasteiger partial charge in [0.2, 0.25) is 0 Å². The number of carbonyl (C=O) groups is 2. The first-order valence-corrected chi connectivity index (χ1v) is 4.95. The topological polar surface area (TPSA) is 34.1 Å². The fraction of sp³-hybridized carbons (Fsp3) is 0.273. The zero-order valence-electron chi connectivity index (χ0n) is 8.27. The van der Waals surface area contributed by atoms with Crippen molar-refractivity contribution >= 4 is 26.4 Å². The molecule has 0 bridgehead atoms. The van der Waals surface area contributed by atoms with E-state index in [9.17, 15) is 9.59 Å². The molecule has 0 saturated heterocycles. The summed E-state index contributed by atoms with van der Waals surface area (Å²) < 4.78 is 0. The van der Waals surface area contributed by atoms with E-state index in [4.69, 9.17) is 7.74 Å². The SMILES string of the molecule is [B][B]C(=O)C1CCC(=O)c2ccccc21. The molecule has 1 aromatic rings. The molecule has 3 radical (unpaired) electrons. The van der Waals surface area contributed by atoms with Gasteiger partial charge in [-0.2, -0.15) is 0 Å². The van der Waals surface area contributed by atoms with Gasteiger partial charge in [-0.1, -0.05) is 24.3 Å². The lowest BCUT2D eigenvalue weighted by atomic mass is 9.49. The number of hydrogen-bond acceptors (Lipinski definition) is 2. The maximum atomic E-state index is 11.6. The minimum Gasteiger partial charge on any atom is -0.312 e. The Morgan fingerprint density at radius 3 is 2.87 bits per heavy atom. The van der Waals surface area contributed by atoms with Crippen molar-refractivity contribution in [2.24, 2.45) is 0 Å². The largest absolute Gasteiger partial charge is 0.312 e. The second-order valence-corrected chi connectivity index (χ2v) is 3.67. The summed E-state index contributed by atoms with van der Waals surface area (Å²) in [4.78, 5) is 23.1. The third-order valence-corrected chi connectivity index (χ3v) is 2.80. The van der Waals surface area contributed by atoms with Gasteiger partial charge >= 0.3 is 0 Å². The molecule has 0 fully saturated rings. The molecule has 1 aromatic carbocycles. The number of carbonyl (C=O) groups excluding carboxylic acids is 2. The van der Waals surface area contributed by atoms with Gasteiger partial charge in [0.05, 0.1) is 5.68 Å². The summed E-state index contributed by atoms with van der Waals surface area (Å²) in [6.45, 7) is 0. The van der Waals surface area contributed by atoms with Crippen LogP contribution in [0.2, 0.25) is 0 Å². The second-order valence-electron chi connectivity index (χ2n) is 3.67. The van der Waals surface area contributed by atoms with E-state index in [1.54, 1.807) is 6.07 Å². The van der Waals surface area contributed by atoms with Crippen LogP contribution in [-0.2, 0) is 4.79 Å². The Bertz CT molecular complexity index is 415. The summed E-state index contributed by atoms with van der Waals surface area (Å²) in [6.07, 6.45) is 1.00. The molecular weight excluding hydrogens is 186 g/mol. The van der Waals surface area contributed by atoms with Gasteiger partial charge in [-0.3, -0.25) is 4.79 Å². The van der Waals surface area contributed by atoms with Crippen molar-refractivity contribution in [3.05, 3.63) is 35.4 Å². The Kier molecular flexibility index (Phi) is 2.76. The lowest BCUT2D eigenvalue weighted by Gasteiger charge is -2.23. The summed E-state index contributed by atoms with van der Waals surface area (Å²) in [6, 6.07) is 7.26. The van der Waals surface area contributed by atoms with Gasteiger partial charge in [0.25, 0.3) is 0 Å². The van der Waals surface area contributed by atoms with Crippen molar-refractivity contribution in [3.63, 3.8) is 0 Å². The van der Waals surface area contributed by atoms with Gasteiger partial charge in [0, 0.05) is 25.6 Å². The Hall–Kier alpha value is -1.31. The van der Waals surface area contributed by atoms with Crippen LogP contribution in [-0.4, -0.2) is 26.4 Å². The Labute approximate surface area is 90.7 Å². The summed E-state index contributed by atoms with van der Waals surface area (Å²) in [5.74, 6) is -0.115. The molecule has 71 valence electrons. The van der Waals surface area contributed by atoms with Crippen LogP contribution in [0.25, 0.3) is 0 Å². The highest BCUT2D eigenvalue weighted by atomic mass is 16.1. The molecule has 1 aliphatic rings. The van der Waals surface area contributed by atoms with Crippen LogP contribution >= 0.6 is 0 Å². The standard InChI is InChI=1S/C11H9B2O2/c12-13-11(15)9-5-6-10(14)8-4-2-1-3-7(8)9/h1-4,9H,5-6H2. The predicted octanol–water partition coefficient (Wildman–Crippen LogP) is 1.06.